The summed E-state index contributed by atoms with van der Waals surface area (Å²) in [5.74, 6) is 1.51. The third-order valence-electron chi connectivity index (χ3n) is 2.99. The van der Waals surface area contributed by atoms with Gasteiger partial charge in [-0.05, 0) is 64.5 Å². The molecule has 0 unspecified atom stereocenters. The Labute approximate surface area is 130 Å². The fourth-order valence-corrected chi connectivity index (χ4v) is 2.31. The van der Waals surface area contributed by atoms with E-state index in [9.17, 15) is 4.79 Å². The lowest BCUT2D eigenvalue weighted by Gasteiger charge is -2.08. The van der Waals surface area contributed by atoms with Gasteiger partial charge < -0.3 is 4.74 Å². The molecule has 0 fully saturated rings. The molecular weight excluding hydrogens is 330 g/mol. The molecule has 3 nitrogen and oxygen atoms in total. The van der Waals surface area contributed by atoms with Crippen molar-refractivity contribution in [3.05, 3.63) is 87.8 Å². The molecule has 2 aromatic carbocycles. The van der Waals surface area contributed by atoms with Gasteiger partial charge in [0, 0.05) is 11.9 Å². The maximum Gasteiger partial charge on any atom is 0.269 e. The van der Waals surface area contributed by atoms with Gasteiger partial charge in [-0.25, -0.2) is 0 Å². The van der Waals surface area contributed by atoms with Crippen molar-refractivity contribution in [1.29, 1.82) is 0 Å². The first-order valence-corrected chi connectivity index (χ1v) is 7.24. The van der Waals surface area contributed by atoms with Gasteiger partial charge in [0.15, 0.2) is 0 Å². The van der Waals surface area contributed by atoms with Crippen molar-refractivity contribution in [3.63, 3.8) is 0 Å². The largest absolute Gasteiger partial charge is 0.457 e. The number of pyridine rings is 1. The van der Waals surface area contributed by atoms with Gasteiger partial charge in [0.1, 0.15) is 11.5 Å². The fourth-order valence-electron chi connectivity index (χ4n) is 1.97. The Balaban J connectivity index is 1.88. The van der Waals surface area contributed by atoms with Crippen LogP contribution in [0.3, 0.4) is 0 Å². The first-order chi connectivity index (χ1) is 10.2. The lowest BCUT2D eigenvalue weighted by Crippen LogP contribution is -2.17. The van der Waals surface area contributed by atoms with Crippen LogP contribution in [0.15, 0.2) is 82.2 Å². The molecular formula is C17H12BrNO2. The second-order valence-electron chi connectivity index (χ2n) is 4.44. The number of aromatic nitrogens is 1. The number of halogens is 1. The zero-order valence-electron chi connectivity index (χ0n) is 11.1. The molecule has 0 aliphatic rings. The van der Waals surface area contributed by atoms with Crippen LogP contribution in [0.2, 0.25) is 0 Å². The quantitative estimate of drug-likeness (QED) is 0.707. The molecule has 4 heteroatoms. The number of ether oxygens (including phenoxy) is 1. The van der Waals surface area contributed by atoms with E-state index in [1.54, 1.807) is 16.8 Å². The predicted molar refractivity (Wildman–Crippen MR) is 86.3 cm³/mol. The van der Waals surface area contributed by atoms with Crippen molar-refractivity contribution in [2.45, 2.75) is 0 Å². The molecule has 0 atom stereocenters. The zero-order chi connectivity index (χ0) is 14.7. The van der Waals surface area contributed by atoms with Crippen LogP contribution in [-0.2, 0) is 0 Å². The molecule has 1 heterocycles. The number of hydrogen-bond donors (Lipinski definition) is 0. The molecule has 0 saturated carbocycles. The van der Waals surface area contributed by atoms with E-state index in [-0.39, 0.29) is 5.56 Å². The topological polar surface area (TPSA) is 31.2 Å². The fraction of sp³-hybridized carbons (Fsp3) is 0. The maximum atomic E-state index is 12.0. The Morgan fingerprint density at radius 3 is 2.19 bits per heavy atom. The van der Waals surface area contributed by atoms with Crippen molar-refractivity contribution >= 4 is 15.9 Å². The van der Waals surface area contributed by atoms with Crippen LogP contribution in [0, 0.1) is 0 Å². The summed E-state index contributed by atoms with van der Waals surface area (Å²) in [6.45, 7) is 0. The lowest BCUT2D eigenvalue weighted by atomic mass is 10.3. The summed E-state index contributed by atoms with van der Waals surface area (Å²) in [5, 5.41) is 0. The molecule has 104 valence electrons. The summed E-state index contributed by atoms with van der Waals surface area (Å²) in [4.78, 5) is 12.0. The Kier molecular flexibility index (Phi) is 3.88. The molecule has 0 saturated heterocycles. The smallest absolute Gasteiger partial charge is 0.269 e. The van der Waals surface area contributed by atoms with Crippen LogP contribution in [-0.4, -0.2) is 4.57 Å². The van der Waals surface area contributed by atoms with Crippen LogP contribution in [0.1, 0.15) is 0 Å². The molecule has 3 aromatic rings. The first-order valence-electron chi connectivity index (χ1n) is 6.44. The molecule has 0 radical (unpaired) electrons. The SMILES string of the molecule is O=c1c(Br)cccn1-c1ccc(Oc2ccccc2)cc1. The summed E-state index contributed by atoms with van der Waals surface area (Å²) < 4.78 is 7.84. The van der Waals surface area contributed by atoms with E-state index in [1.165, 1.54) is 0 Å². The molecule has 3 rings (SSSR count). The standard InChI is InChI=1S/C17H12BrNO2/c18-16-7-4-12-19(17(16)20)13-8-10-15(11-9-13)21-14-5-2-1-3-6-14/h1-12H. The summed E-state index contributed by atoms with van der Waals surface area (Å²) in [6.07, 6.45) is 1.74. The van der Waals surface area contributed by atoms with Gasteiger partial charge >= 0.3 is 0 Å². The van der Waals surface area contributed by atoms with E-state index < -0.39 is 0 Å². The van der Waals surface area contributed by atoms with Crippen molar-refractivity contribution in [1.82, 2.24) is 4.57 Å². The Bertz CT molecular complexity index is 795. The number of rotatable bonds is 3. The second-order valence-corrected chi connectivity index (χ2v) is 5.29. The molecule has 0 aliphatic carbocycles. The number of hydrogen-bond acceptors (Lipinski definition) is 2. The number of para-hydroxylation sites is 1. The van der Waals surface area contributed by atoms with E-state index in [4.69, 9.17) is 4.74 Å². The number of benzene rings is 2. The highest BCUT2D eigenvalue weighted by atomic mass is 79.9. The minimum absolute atomic E-state index is 0.0887. The lowest BCUT2D eigenvalue weighted by molar-refractivity contribution is 0.482. The highest BCUT2D eigenvalue weighted by Gasteiger charge is 2.03. The monoisotopic (exact) mass is 341 g/mol. The zero-order valence-corrected chi connectivity index (χ0v) is 12.7. The van der Waals surface area contributed by atoms with E-state index >= 15 is 0 Å². The van der Waals surface area contributed by atoms with Gasteiger partial charge in [0.05, 0.1) is 4.47 Å². The molecule has 0 spiro atoms. The van der Waals surface area contributed by atoms with E-state index in [2.05, 4.69) is 15.9 Å². The van der Waals surface area contributed by atoms with Crippen LogP contribution >= 0.6 is 15.9 Å². The van der Waals surface area contributed by atoms with Gasteiger partial charge in [-0.3, -0.25) is 9.36 Å². The van der Waals surface area contributed by atoms with E-state index in [0.717, 1.165) is 17.2 Å². The highest BCUT2D eigenvalue weighted by Crippen LogP contribution is 2.22. The highest BCUT2D eigenvalue weighted by molar-refractivity contribution is 9.10. The van der Waals surface area contributed by atoms with Crippen molar-refractivity contribution in [3.8, 4) is 17.2 Å². The van der Waals surface area contributed by atoms with Crippen molar-refractivity contribution in [2.24, 2.45) is 0 Å². The van der Waals surface area contributed by atoms with Crippen LogP contribution in [0.4, 0.5) is 0 Å². The molecule has 0 aliphatic heterocycles. The average Bonchev–Trinajstić information content (AvgIpc) is 2.52. The minimum Gasteiger partial charge on any atom is -0.457 e. The van der Waals surface area contributed by atoms with Gasteiger partial charge in [-0.1, -0.05) is 18.2 Å². The van der Waals surface area contributed by atoms with Gasteiger partial charge in [0.2, 0.25) is 0 Å². The summed E-state index contributed by atoms with van der Waals surface area (Å²) in [7, 11) is 0. The third-order valence-corrected chi connectivity index (χ3v) is 3.60. The summed E-state index contributed by atoms with van der Waals surface area (Å²) >= 11 is 3.24. The Morgan fingerprint density at radius 1 is 0.810 bits per heavy atom. The van der Waals surface area contributed by atoms with Gasteiger partial charge in [0.25, 0.3) is 5.56 Å². The molecule has 21 heavy (non-hydrogen) atoms. The Hall–Kier alpha value is -2.33. The van der Waals surface area contributed by atoms with Gasteiger partial charge in [-0.15, -0.1) is 0 Å². The predicted octanol–water partition coefficient (Wildman–Crippen LogP) is 4.39. The second kappa shape index (κ2) is 5.97. The summed E-state index contributed by atoms with van der Waals surface area (Å²) in [5.41, 5.74) is 0.705. The Morgan fingerprint density at radius 2 is 1.48 bits per heavy atom. The minimum atomic E-state index is -0.0887. The molecule has 0 bridgehead atoms. The maximum absolute atomic E-state index is 12.0. The van der Waals surface area contributed by atoms with E-state index in [0.29, 0.717) is 4.47 Å². The van der Waals surface area contributed by atoms with Crippen LogP contribution in [0.25, 0.3) is 5.69 Å². The molecule has 0 amide bonds. The number of nitrogens with zero attached hydrogens (tertiary/aromatic N) is 1. The van der Waals surface area contributed by atoms with Crippen molar-refractivity contribution < 1.29 is 4.74 Å². The first kappa shape index (κ1) is 13.6. The average molecular weight is 342 g/mol. The third kappa shape index (κ3) is 3.06. The summed E-state index contributed by atoms with van der Waals surface area (Å²) in [6, 6.07) is 20.5. The van der Waals surface area contributed by atoms with E-state index in [1.807, 2.05) is 60.7 Å². The van der Waals surface area contributed by atoms with Crippen LogP contribution < -0.4 is 10.3 Å². The molecule has 0 N–H and O–H groups in total. The molecule has 1 aromatic heterocycles. The van der Waals surface area contributed by atoms with Crippen molar-refractivity contribution in [2.75, 3.05) is 0 Å². The van der Waals surface area contributed by atoms with Gasteiger partial charge in [-0.2, -0.15) is 0 Å². The van der Waals surface area contributed by atoms with Crippen LogP contribution in [0.5, 0.6) is 11.5 Å². The normalized spacial score (nSPS) is 10.3.